The molecule has 0 amide bonds. The van der Waals surface area contributed by atoms with E-state index in [1.807, 2.05) is 13.8 Å². The molecule has 0 bridgehead atoms. The molecule has 3 N–H and O–H groups in total. The maximum absolute atomic E-state index is 12.2. The summed E-state index contributed by atoms with van der Waals surface area (Å²) in [6.07, 6.45) is 0.882. The minimum Gasteiger partial charge on any atom is -0.398 e. The van der Waals surface area contributed by atoms with Crippen LogP contribution in [-0.2, 0) is 10.0 Å². The molecule has 1 unspecified atom stereocenters. The predicted molar refractivity (Wildman–Crippen MR) is 72.8 cm³/mol. The second-order valence-electron chi connectivity index (χ2n) is 5.82. The monoisotopic (exact) mass is 268 g/mol. The number of benzene rings is 1. The van der Waals surface area contributed by atoms with Crippen LogP contribution in [0.5, 0.6) is 0 Å². The molecule has 0 heterocycles. The van der Waals surface area contributed by atoms with Gasteiger partial charge in [-0.1, -0.05) is 13.8 Å². The quantitative estimate of drug-likeness (QED) is 0.823. The van der Waals surface area contributed by atoms with Crippen LogP contribution in [-0.4, -0.2) is 14.5 Å². The molecule has 1 saturated carbocycles. The Bertz CT molecular complexity index is 568. The molecule has 1 aliphatic carbocycles. The second kappa shape index (κ2) is 3.96. The number of nitrogen functional groups attached to an aromatic ring is 1. The maximum atomic E-state index is 12.2. The molecule has 5 heteroatoms. The van der Waals surface area contributed by atoms with Gasteiger partial charge in [0.05, 0.1) is 4.90 Å². The van der Waals surface area contributed by atoms with Crippen LogP contribution in [0.4, 0.5) is 5.69 Å². The van der Waals surface area contributed by atoms with Crippen LogP contribution in [0.1, 0.15) is 31.4 Å². The summed E-state index contributed by atoms with van der Waals surface area (Å²) < 4.78 is 27.2. The number of nitrogens with two attached hydrogens (primary N) is 1. The van der Waals surface area contributed by atoms with E-state index in [0.717, 1.165) is 17.5 Å². The Kier molecular flexibility index (Phi) is 2.94. The fourth-order valence-corrected chi connectivity index (χ4v) is 3.46. The van der Waals surface area contributed by atoms with Crippen molar-refractivity contribution in [1.29, 1.82) is 0 Å². The lowest BCUT2D eigenvalue weighted by Crippen LogP contribution is -2.28. The molecule has 0 radical (unpaired) electrons. The molecule has 1 aromatic carbocycles. The van der Waals surface area contributed by atoms with Crippen LogP contribution in [0.3, 0.4) is 0 Å². The van der Waals surface area contributed by atoms with Crippen LogP contribution in [0.25, 0.3) is 0 Å². The molecular formula is C13H20N2O2S. The summed E-state index contributed by atoms with van der Waals surface area (Å²) >= 11 is 0. The van der Waals surface area contributed by atoms with E-state index in [9.17, 15) is 8.42 Å². The first-order valence-corrected chi connectivity index (χ1v) is 7.51. The van der Waals surface area contributed by atoms with Crippen molar-refractivity contribution in [1.82, 2.24) is 4.72 Å². The zero-order valence-corrected chi connectivity index (χ0v) is 12.1. The molecule has 0 aromatic heterocycles. The molecule has 0 saturated heterocycles. The highest BCUT2D eigenvalue weighted by Gasteiger charge is 2.47. The van der Waals surface area contributed by atoms with Gasteiger partial charge >= 0.3 is 0 Å². The van der Waals surface area contributed by atoms with E-state index in [-0.39, 0.29) is 16.4 Å². The summed E-state index contributed by atoms with van der Waals surface area (Å²) in [5.74, 6) is 0. The van der Waals surface area contributed by atoms with Gasteiger partial charge < -0.3 is 5.73 Å². The van der Waals surface area contributed by atoms with Crippen LogP contribution in [0.2, 0.25) is 0 Å². The molecule has 18 heavy (non-hydrogen) atoms. The van der Waals surface area contributed by atoms with E-state index in [4.69, 9.17) is 5.73 Å². The van der Waals surface area contributed by atoms with E-state index in [1.165, 1.54) is 6.07 Å². The van der Waals surface area contributed by atoms with Gasteiger partial charge in [-0.3, -0.25) is 0 Å². The van der Waals surface area contributed by atoms with Gasteiger partial charge in [0.15, 0.2) is 0 Å². The summed E-state index contributed by atoms with van der Waals surface area (Å²) in [7, 11) is -3.46. The van der Waals surface area contributed by atoms with E-state index in [0.29, 0.717) is 5.69 Å². The van der Waals surface area contributed by atoms with Gasteiger partial charge in [0.1, 0.15) is 0 Å². The first-order valence-electron chi connectivity index (χ1n) is 6.02. The number of aryl methyl sites for hydroxylation is 1. The molecule has 100 valence electrons. The van der Waals surface area contributed by atoms with Crippen molar-refractivity contribution < 1.29 is 8.42 Å². The zero-order valence-electron chi connectivity index (χ0n) is 11.2. The maximum Gasteiger partial charge on any atom is 0.240 e. The van der Waals surface area contributed by atoms with Gasteiger partial charge in [-0.2, -0.15) is 0 Å². The molecule has 1 aliphatic rings. The van der Waals surface area contributed by atoms with Gasteiger partial charge in [0.25, 0.3) is 0 Å². The molecule has 1 aromatic rings. The van der Waals surface area contributed by atoms with Gasteiger partial charge in [0.2, 0.25) is 10.0 Å². The number of hydrogen-bond donors (Lipinski definition) is 2. The first kappa shape index (κ1) is 13.4. The highest BCUT2D eigenvalue weighted by molar-refractivity contribution is 7.89. The molecule has 0 aliphatic heterocycles. The lowest BCUT2D eigenvalue weighted by molar-refractivity contribution is 0.555. The summed E-state index contributed by atoms with van der Waals surface area (Å²) in [5.41, 5.74) is 8.24. The summed E-state index contributed by atoms with van der Waals surface area (Å²) in [6.45, 7) is 7.86. The fraction of sp³-hybridized carbons (Fsp3) is 0.538. The van der Waals surface area contributed by atoms with Crippen LogP contribution in [0.15, 0.2) is 17.0 Å². The minimum absolute atomic E-state index is 0.0327. The largest absolute Gasteiger partial charge is 0.398 e. The fourth-order valence-electron chi connectivity index (χ4n) is 1.93. The number of sulfonamides is 1. The number of rotatable bonds is 3. The second-order valence-corrected chi connectivity index (χ2v) is 7.53. The molecule has 1 atom stereocenters. The number of hydrogen-bond acceptors (Lipinski definition) is 3. The van der Waals surface area contributed by atoms with Crippen molar-refractivity contribution in [2.45, 2.75) is 45.1 Å². The van der Waals surface area contributed by atoms with Crippen molar-refractivity contribution in [3.8, 4) is 0 Å². The van der Waals surface area contributed by atoms with Gasteiger partial charge in [0, 0.05) is 11.7 Å². The lowest BCUT2D eigenvalue weighted by Gasteiger charge is -2.11. The van der Waals surface area contributed by atoms with Crippen molar-refractivity contribution in [3.63, 3.8) is 0 Å². The highest BCUT2D eigenvalue weighted by Crippen LogP contribution is 2.45. The van der Waals surface area contributed by atoms with Crippen molar-refractivity contribution >= 4 is 15.7 Å². The number of anilines is 1. The Morgan fingerprint density at radius 3 is 2.33 bits per heavy atom. The Hall–Kier alpha value is -1.07. The summed E-state index contributed by atoms with van der Waals surface area (Å²) in [6, 6.07) is 3.23. The Morgan fingerprint density at radius 1 is 1.33 bits per heavy atom. The molecule has 4 nitrogen and oxygen atoms in total. The standard InChI is InChI=1S/C13H20N2O2S/c1-8-5-10(6-11(14)9(8)2)18(16,17)15-12-7-13(12,3)4/h5-6,12,15H,7,14H2,1-4H3. The molecule has 0 spiro atoms. The molecular weight excluding hydrogens is 248 g/mol. The summed E-state index contributed by atoms with van der Waals surface area (Å²) in [4.78, 5) is 0.255. The average Bonchev–Trinajstić information content (AvgIpc) is 2.80. The number of nitrogens with one attached hydrogen (secondary N) is 1. The van der Waals surface area contributed by atoms with Gasteiger partial charge in [-0.25, -0.2) is 13.1 Å². The van der Waals surface area contributed by atoms with Crippen molar-refractivity contribution in [2.75, 3.05) is 5.73 Å². The third kappa shape index (κ3) is 2.37. The predicted octanol–water partition coefficient (Wildman–Crippen LogP) is 1.96. The smallest absolute Gasteiger partial charge is 0.240 e. The van der Waals surface area contributed by atoms with Crippen molar-refractivity contribution in [3.05, 3.63) is 23.3 Å². The van der Waals surface area contributed by atoms with Crippen LogP contribution >= 0.6 is 0 Å². The highest BCUT2D eigenvalue weighted by atomic mass is 32.2. The normalized spacial score (nSPS) is 21.9. The topological polar surface area (TPSA) is 72.2 Å². The van der Waals surface area contributed by atoms with Gasteiger partial charge in [-0.15, -0.1) is 0 Å². The van der Waals surface area contributed by atoms with Crippen LogP contribution in [0, 0.1) is 19.3 Å². The first-order chi connectivity index (χ1) is 8.13. The third-order valence-corrected chi connectivity index (χ3v) is 5.25. The SMILES string of the molecule is Cc1cc(S(=O)(=O)NC2CC2(C)C)cc(N)c1C. The summed E-state index contributed by atoms with van der Waals surface area (Å²) in [5, 5.41) is 0. The third-order valence-electron chi connectivity index (χ3n) is 3.80. The van der Waals surface area contributed by atoms with E-state index in [2.05, 4.69) is 18.6 Å². The molecule has 1 fully saturated rings. The molecule has 2 rings (SSSR count). The Balaban J connectivity index is 2.31. The van der Waals surface area contributed by atoms with Gasteiger partial charge in [-0.05, 0) is 48.9 Å². The van der Waals surface area contributed by atoms with E-state index >= 15 is 0 Å². The lowest BCUT2D eigenvalue weighted by atomic mass is 10.1. The van der Waals surface area contributed by atoms with E-state index in [1.54, 1.807) is 6.07 Å². The average molecular weight is 268 g/mol. The Morgan fingerprint density at radius 2 is 1.89 bits per heavy atom. The van der Waals surface area contributed by atoms with Crippen molar-refractivity contribution in [2.24, 2.45) is 5.41 Å². The van der Waals surface area contributed by atoms with E-state index < -0.39 is 10.0 Å². The Labute approximate surface area is 109 Å². The zero-order chi connectivity index (χ0) is 13.7. The minimum atomic E-state index is -3.46. The van der Waals surface area contributed by atoms with Crippen LogP contribution < -0.4 is 10.5 Å².